The van der Waals surface area contributed by atoms with E-state index in [9.17, 15) is 9.59 Å². The molecule has 4 rings (SSSR count). The Morgan fingerprint density at radius 1 is 1.17 bits per heavy atom. The molecule has 2 amide bonds. The summed E-state index contributed by atoms with van der Waals surface area (Å²) in [5, 5.41) is 3.66. The number of nitrogens with zero attached hydrogens (tertiary/aromatic N) is 2. The highest BCUT2D eigenvalue weighted by Gasteiger charge is 2.51. The Bertz CT molecular complexity index is 855. The number of furan rings is 1. The van der Waals surface area contributed by atoms with Crippen LogP contribution in [0.15, 0.2) is 53.1 Å². The minimum absolute atomic E-state index is 0.109. The third-order valence-electron chi connectivity index (χ3n) is 6.23. The van der Waals surface area contributed by atoms with E-state index < -0.39 is 5.66 Å². The molecule has 3 heterocycles. The van der Waals surface area contributed by atoms with Gasteiger partial charge in [-0.1, -0.05) is 44.2 Å². The Kier molecular flexibility index (Phi) is 5.95. The first-order chi connectivity index (χ1) is 14.5. The lowest BCUT2D eigenvalue weighted by atomic mass is 9.95. The summed E-state index contributed by atoms with van der Waals surface area (Å²) in [5.41, 5.74) is 0.709. The Balaban J connectivity index is 1.52. The molecule has 1 aromatic heterocycles. The maximum Gasteiger partial charge on any atom is 0.242 e. The van der Waals surface area contributed by atoms with Gasteiger partial charge in [0.05, 0.1) is 24.5 Å². The number of rotatable bonds is 6. The first-order valence-corrected chi connectivity index (χ1v) is 10.9. The molecule has 2 aliphatic rings. The molecule has 2 aromatic rings. The van der Waals surface area contributed by atoms with Gasteiger partial charge < -0.3 is 14.2 Å². The summed E-state index contributed by atoms with van der Waals surface area (Å²) in [6.45, 7) is 5.92. The van der Waals surface area contributed by atoms with Gasteiger partial charge in [0.1, 0.15) is 5.76 Å². The number of amides is 2. The monoisotopic (exact) mass is 409 g/mol. The fourth-order valence-electron chi connectivity index (χ4n) is 4.66. The summed E-state index contributed by atoms with van der Waals surface area (Å²) in [4.78, 5) is 29.8. The van der Waals surface area contributed by atoms with Crippen LogP contribution in [-0.4, -0.2) is 46.4 Å². The average Bonchev–Trinajstić information content (AvgIpc) is 3.32. The standard InChI is InChI=1S/C24H31N3O3/c1-18(2)15-22(28)26-12-10-24(11-13-26)25-21(16-19-7-4-3-5-8-19)23(29)27(24)17-20-9-6-14-30-20/h3-9,14,18,21,25H,10-13,15-17H2,1-2H3. The van der Waals surface area contributed by atoms with Crippen molar-refractivity contribution in [2.75, 3.05) is 13.1 Å². The lowest BCUT2D eigenvalue weighted by Crippen LogP contribution is -2.59. The van der Waals surface area contributed by atoms with E-state index in [4.69, 9.17) is 4.42 Å². The van der Waals surface area contributed by atoms with Crippen molar-refractivity contribution in [3.63, 3.8) is 0 Å². The number of benzene rings is 1. The van der Waals surface area contributed by atoms with Crippen LogP contribution < -0.4 is 5.32 Å². The summed E-state index contributed by atoms with van der Waals surface area (Å²) in [7, 11) is 0. The Morgan fingerprint density at radius 2 is 1.90 bits per heavy atom. The molecule has 1 aromatic carbocycles. The molecule has 0 bridgehead atoms. The van der Waals surface area contributed by atoms with Gasteiger partial charge in [-0.05, 0) is 30.0 Å². The molecule has 1 spiro atoms. The highest BCUT2D eigenvalue weighted by Crippen LogP contribution is 2.35. The van der Waals surface area contributed by atoms with Gasteiger partial charge in [0, 0.05) is 32.4 Å². The second-order valence-corrected chi connectivity index (χ2v) is 8.90. The SMILES string of the molecule is CC(C)CC(=O)N1CCC2(CC1)NC(Cc1ccccc1)C(=O)N2Cc1ccco1. The van der Waals surface area contributed by atoms with Crippen molar-refractivity contribution >= 4 is 11.8 Å². The zero-order chi connectivity index (χ0) is 21.1. The number of likely N-dealkylation sites (tertiary alicyclic amines) is 1. The highest BCUT2D eigenvalue weighted by atomic mass is 16.3. The van der Waals surface area contributed by atoms with E-state index in [2.05, 4.69) is 31.3 Å². The van der Waals surface area contributed by atoms with Gasteiger partial charge in [-0.2, -0.15) is 0 Å². The number of hydrogen-bond donors (Lipinski definition) is 1. The van der Waals surface area contributed by atoms with Gasteiger partial charge in [-0.25, -0.2) is 0 Å². The third kappa shape index (κ3) is 4.29. The third-order valence-corrected chi connectivity index (χ3v) is 6.23. The summed E-state index contributed by atoms with van der Waals surface area (Å²) in [5.74, 6) is 1.45. The van der Waals surface area contributed by atoms with Crippen LogP contribution >= 0.6 is 0 Å². The summed E-state index contributed by atoms with van der Waals surface area (Å²) >= 11 is 0. The van der Waals surface area contributed by atoms with Crippen molar-refractivity contribution in [1.29, 1.82) is 0 Å². The molecular formula is C24H31N3O3. The van der Waals surface area contributed by atoms with Gasteiger partial charge >= 0.3 is 0 Å². The van der Waals surface area contributed by atoms with Gasteiger partial charge in [-0.15, -0.1) is 0 Å². The van der Waals surface area contributed by atoms with Crippen LogP contribution in [0.25, 0.3) is 0 Å². The normalized spacial score (nSPS) is 21.0. The lowest BCUT2D eigenvalue weighted by Gasteiger charge is -2.44. The molecule has 160 valence electrons. The van der Waals surface area contributed by atoms with E-state index in [1.54, 1.807) is 6.26 Å². The molecule has 6 nitrogen and oxygen atoms in total. The first-order valence-electron chi connectivity index (χ1n) is 10.9. The molecule has 0 radical (unpaired) electrons. The van der Waals surface area contributed by atoms with Crippen LogP contribution in [0.1, 0.15) is 44.4 Å². The van der Waals surface area contributed by atoms with E-state index in [1.165, 1.54) is 0 Å². The van der Waals surface area contributed by atoms with Crippen molar-refractivity contribution in [3.8, 4) is 0 Å². The predicted octanol–water partition coefficient (Wildman–Crippen LogP) is 3.19. The largest absolute Gasteiger partial charge is 0.467 e. The minimum Gasteiger partial charge on any atom is -0.467 e. The zero-order valence-corrected chi connectivity index (χ0v) is 17.8. The Labute approximate surface area is 178 Å². The van der Waals surface area contributed by atoms with Crippen molar-refractivity contribution in [1.82, 2.24) is 15.1 Å². The molecule has 2 saturated heterocycles. The zero-order valence-electron chi connectivity index (χ0n) is 17.8. The topological polar surface area (TPSA) is 65.8 Å². The van der Waals surface area contributed by atoms with Crippen LogP contribution in [0.2, 0.25) is 0 Å². The van der Waals surface area contributed by atoms with Crippen LogP contribution in [0.5, 0.6) is 0 Å². The molecule has 0 saturated carbocycles. The summed E-state index contributed by atoms with van der Waals surface area (Å²) in [6, 6.07) is 13.6. The number of piperidine rings is 1. The molecule has 1 unspecified atom stereocenters. The lowest BCUT2D eigenvalue weighted by molar-refractivity contribution is -0.138. The number of hydrogen-bond acceptors (Lipinski definition) is 4. The average molecular weight is 410 g/mol. The number of carbonyl (C=O) groups is 2. The van der Waals surface area contributed by atoms with Gasteiger partial charge in [0.25, 0.3) is 0 Å². The second-order valence-electron chi connectivity index (χ2n) is 8.90. The molecule has 1 N–H and O–H groups in total. The van der Waals surface area contributed by atoms with E-state index in [-0.39, 0.29) is 17.9 Å². The highest BCUT2D eigenvalue weighted by molar-refractivity contribution is 5.85. The predicted molar refractivity (Wildman–Crippen MR) is 114 cm³/mol. The van der Waals surface area contributed by atoms with Crippen molar-refractivity contribution in [2.45, 2.75) is 57.8 Å². The van der Waals surface area contributed by atoms with E-state index in [0.717, 1.165) is 24.2 Å². The van der Waals surface area contributed by atoms with E-state index in [1.807, 2.05) is 40.1 Å². The second kappa shape index (κ2) is 8.64. The van der Waals surface area contributed by atoms with Gasteiger partial charge in [0.15, 0.2) is 0 Å². The fourth-order valence-corrected chi connectivity index (χ4v) is 4.66. The number of nitrogens with one attached hydrogen (secondary N) is 1. The van der Waals surface area contributed by atoms with Crippen molar-refractivity contribution in [3.05, 3.63) is 60.1 Å². The maximum atomic E-state index is 13.4. The Morgan fingerprint density at radius 3 is 2.53 bits per heavy atom. The van der Waals surface area contributed by atoms with Crippen molar-refractivity contribution < 1.29 is 14.0 Å². The van der Waals surface area contributed by atoms with E-state index in [0.29, 0.717) is 38.4 Å². The molecule has 0 aliphatic carbocycles. The molecule has 6 heteroatoms. The first kappa shape index (κ1) is 20.7. The summed E-state index contributed by atoms with van der Waals surface area (Å²) < 4.78 is 5.55. The van der Waals surface area contributed by atoms with Gasteiger partial charge in [-0.3, -0.25) is 14.9 Å². The summed E-state index contributed by atoms with van der Waals surface area (Å²) in [6.07, 6.45) is 4.34. The van der Waals surface area contributed by atoms with Gasteiger partial charge in [0.2, 0.25) is 11.8 Å². The minimum atomic E-state index is -0.433. The maximum absolute atomic E-state index is 13.4. The van der Waals surface area contributed by atoms with E-state index >= 15 is 0 Å². The van der Waals surface area contributed by atoms with Crippen LogP contribution in [-0.2, 0) is 22.6 Å². The smallest absolute Gasteiger partial charge is 0.242 e. The van der Waals surface area contributed by atoms with Crippen LogP contribution in [0.3, 0.4) is 0 Å². The molecule has 2 fully saturated rings. The quantitative estimate of drug-likeness (QED) is 0.796. The Hall–Kier alpha value is -2.60. The molecule has 2 aliphatic heterocycles. The van der Waals surface area contributed by atoms with Crippen LogP contribution in [0.4, 0.5) is 0 Å². The molecular weight excluding hydrogens is 378 g/mol. The fraction of sp³-hybridized carbons (Fsp3) is 0.500. The number of carbonyl (C=O) groups excluding carboxylic acids is 2. The van der Waals surface area contributed by atoms with Crippen molar-refractivity contribution in [2.24, 2.45) is 5.92 Å². The van der Waals surface area contributed by atoms with Crippen LogP contribution in [0, 0.1) is 5.92 Å². The molecule has 30 heavy (non-hydrogen) atoms. The molecule has 1 atom stereocenters.